The molecule has 4 aromatic rings. The van der Waals surface area contributed by atoms with Crippen LogP contribution in [0.4, 0.5) is 28.7 Å². The number of nitrogens with zero attached hydrogens (tertiary/aromatic N) is 6. The summed E-state index contributed by atoms with van der Waals surface area (Å²) in [5, 5.41) is 6.21. The zero-order valence-electron chi connectivity index (χ0n) is 31.0. The van der Waals surface area contributed by atoms with Crippen molar-refractivity contribution in [3.8, 4) is 11.3 Å². The van der Waals surface area contributed by atoms with Crippen molar-refractivity contribution in [1.82, 2.24) is 19.4 Å². The third-order valence-corrected chi connectivity index (χ3v) is 13.0. The Balaban J connectivity index is 1.08. The third kappa shape index (κ3) is 6.24. The first kappa shape index (κ1) is 35.2. The molecule has 1 aromatic carbocycles. The van der Waals surface area contributed by atoms with Crippen molar-refractivity contribution in [3.63, 3.8) is 0 Å². The van der Waals surface area contributed by atoms with Crippen molar-refractivity contribution in [1.29, 1.82) is 0 Å². The highest BCUT2D eigenvalue weighted by Gasteiger charge is 2.40. The Hall–Kier alpha value is -4.85. The molecule has 0 saturated carbocycles. The van der Waals surface area contributed by atoms with Crippen LogP contribution in [0.1, 0.15) is 58.4 Å². The number of pyridine rings is 1. The molecule has 0 bridgehead atoms. The number of amides is 2. The number of ether oxygens (including phenoxy) is 1. The molecule has 0 radical (unpaired) electrons. The molecule has 0 spiro atoms. The highest BCUT2D eigenvalue weighted by molar-refractivity contribution is 7.14. The summed E-state index contributed by atoms with van der Waals surface area (Å²) >= 11 is 1.65. The van der Waals surface area contributed by atoms with Crippen LogP contribution in [-0.2, 0) is 34.8 Å². The summed E-state index contributed by atoms with van der Waals surface area (Å²) in [6.07, 6.45) is 7.61. The molecule has 276 valence electrons. The maximum atomic E-state index is 14.0. The Kier molecular flexibility index (Phi) is 8.98. The third-order valence-electron chi connectivity index (χ3n) is 11.3. The minimum absolute atomic E-state index is 0.00277. The lowest BCUT2D eigenvalue weighted by molar-refractivity contribution is -0.111. The van der Waals surface area contributed by atoms with Crippen molar-refractivity contribution < 1.29 is 14.3 Å². The van der Waals surface area contributed by atoms with Crippen LogP contribution in [0, 0.1) is 6.92 Å². The second-order valence-electron chi connectivity index (χ2n) is 15.3. The van der Waals surface area contributed by atoms with Crippen molar-refractivity contribution in [3.05, 3.63) is 86.1 Å². The normalized spacial score (nSPS) is 19.8. The summed E-state index contributed by atoms with van der Waals surface area (Å²) in [6.45, 7) is 17.0. The van der Waals surface area contributed by atoms with Gasteiger partial charge in [0.05, 0.1) is 41.2 Å². The fourth-order valence-corrected chi connectivity index (χ4v) is 9.71. The van der Waals surface area contributed by atoms with E-state index in [0.717, 1.165) is 73.8 Å². The highest BCUT2D eigenvalue weighted by Crippen LogP contribution is 2.48. The molecule has 1 aliphatic carbocycles. The first-order valence-corrected chi connectivity index (χ1v) is 19.2. The topological polar surface area (TPSA) is 125 Å². The van der Waals surface area contributed by atoms with E-state index < -0.39 is 0 Å². The lowest BCUT2D eigenvalue weighted by Gasteiger charge is -2.46. The van der Waals surface area contributed by atoms with Crippen LogP contribution < -0.4 is 26.0 Å². The Morgan fingerprint density at radius 1 is 1.11 bits per heavy atom. The fraction of sp³-hybridized carbons (Fsp3) is 0.425. The van der Waals surface area contributed by atoms with Gasteiger partial charge in [-0.05, 0) is 80.0 Å². The molecular weight excluding hydrogens is 689 g/mol. The predicted molar refractivity (Wildman–Crippen MR) is 210 cm³/mol. The van der Waals surface area contributed by atoms with Gasteiger partial charge in [-0.15, -0.1) is 11.3 Å². The molecule has 12 nitrogen and oxygen atoms in total. The van der Waals surface area contributed by atoms with Gasteiger partial charge in [-0.2, -0.15) is 0 Å². The highest BCUT2D eigenvalue weighted by atomic mass is 32.1. The molecule has 2 N–H and O–H groups in total. The Morgan fingerprint density at radius 3 is 2.66 bits per heavy atom. The molecule has 3 aliphatic heterocycles. The van der Waals surface area contributed by atoms with E-state index >= 15 is 0 Å². The molecule has 1 unspecified atom stereocenters. The number of piperazine rings is 1. The fourth-order valence-electron chi connectivity index (χ4n) is 8.23. The van der Waals surface area contributed by atoms with Gasteiger partial charge in [0.1, 0.15) is 5.82 Å². The van der Waals surface area contributed by atoms with E-state index in [-0.39, 0.29) is 34.6 Å². The summed E-state index contributed by atoms with van der Waals surface area (Å²) in [6, 6.07) is 8.25. The van der Waals surface area contributed by atoms with Gasteiger partial charge in [0.2, 0.25) is 5.91 Å². The van der Waals surface area contributed by atoms with Gasteiger partial charge >= 0.3 is 0 Å². The van der Waals surface area contributed by atoms with Crippen LogP contribution >= 0.6 is 11.3 Å². The number of anilines is 5. The Bertz CT molecular complexity index is 2200. The lowest BCUT2D eigenvalue weighted by Crippen LogP contribution is -2.59. The van der Waals surface area contributed by atoms with E-state index in [0.29, 0.717) is 35.5 Å². The summed E-state index contributed by atoms with van der Waals surface area (Å²) in [7, 11) is 1.69. The van der Waals surface area contributed by atoms with E-state index in [1.807, 2.05) is 31.2 Å². The molecule has 2 fully saturated rings. The maximum absolute atomic E-state index is 14.0. The van der Waals surface area contributed by atoms with Gasteiger partial charge in [-0.3, -0.25) is 24.2 Å². The van der Waals surface area contributed by atoms with Crippen molar-refractivity contribution in [2.45, 2.75) is 64.5 Å². The molecule has 3 aromatic heterocycles. The number of benzene rings is 1. The van der Waals surface area contributed by atoms with Gasteiger partial charge in [-0.1, -0.05) is 20.4 Å². The van der Waals surface area contributed by atoms with Crippen LogP contribution in [0.2, 0.25) is 0 Å². The number of carbonyl (C=O) groups excluding carboxylic acids is 2. The van der Waals surface area contributed by atoms with Crippen molar-refractivity contribution in [2.24, 2.45) is 7.05 Å². The summed E-state index contributed by atoms with van der Waals surface area (Å²) in [5.74, 6) is 0.412. The van der Waals surface area contributed by atoms with E-state index in [1.165, 1.54) is 26.6 Å². The van der Waals surface area contributed by atoms with E-state index in [9.17, 15) is 14.4 Å². The summed E-state index contributed by atoms with van der Waals surface area (Å²) in [4.78, 5) is 58.3. The van der Waals surface area contributed by atoms with Crippen LogP contribution in [-0.4, -0.2) is 82.7 Å². The number of carbonyl (C=O) groups is 2. The van der Waals surface area contributed by atoms with Crippen LogP contribution in [0.3, 0.4) is 0 Å². The van der Waals surface area contributed by atoms with Crippen LogP contribution in [0.25, 0.3) is 11.3 Å². The average Bonchev–Trinajstić information content (AvgIpc) is 3.64. The van der Waals surface area contributed by atoms with E-state index in [1.54, 1.807) is 35.7 Å². The summed E-state index contributed by atoms with van der Waals surface area (Å²) in [5.41, 5.74) is 6.65. The standard InChI is InChI=1S/C40H46N8O4S/c1-7-33(49)43-30-18-25(8-9-32(30)47-17-16-46(19-23(47)2)26-21-52-22-26)42-36-39(51)45(6)20-31(44-36)27-11-14-41-37(24(27)3)48-15-12-28-29-10-13-40(4,5)35(29)53-34(28)38(48)50/h7-9,11,14,18,20,23,26H,1,10,12-13,15-17,19,21-22H2,2-6H3,(H,42,44)(H,43,49). The molecule has 53 heavy (non-hydrogen) atoms. The van der Waals surface area contributed by atoms with Crippen LogP contribution in [0.15, 0.2) is 54.1 Å². The second-order valence-corrected chi connectivity index (χ2v) is 16.3. The molecule has 2 amide bonds. The number of fused-ring (bicyclic) bond motifs is 3. The number of thiophene rings is 1. The molecule has 4 aliphatic rings. The van der Waals surface area contributed by atoms with Gasteiger partial charge in [0.15, 0.2) is 5.82 Å². The second kappa shape index (κ2) is 13.5. The van der Waals surface area contributed by atoms with Crippen molar-refractivity contribution in [2.75, 3.05) is 59.8 Å². The minimum atomic E-state index is -0.322. The molecule has 6 heterocycles. The number of aromatic nitrogens is 3. The summed E-state index contributed by atoms with van der Waals surface area (Å²) < 4.78 is 6.92. The maximum Gasteiger partial charge on any atom is 0.293 e. The first-order valence-electron chi connectivity index (χ1n) is 18.4. The predicted octanol–water partition coefficient (Wildman–Crippen LogP) is 5.42. The SMILES string of the molecule is C=CC(=O)Nc1cc(Nc2nc(-c3ccnc(N4CCc5c(sc6c5CCC6(C)C)C4=O)c3C)cn(C)c2=O)ccc1N1CCN(C2COC2)CC1C. The number of aryl methyl sites for hydroxylation is 1. The van der Waals surface area contributed by atoms with Gasteiger partial charge in [0.25, 0.3) is 11.5 Å². The molecular formula is C40H46N8O4S. The van der Waals surface area contributed by atoms with Gasteiger partial charge < -0.3 is 24.8 Å². The number of rotatable bonds is 8. The van der Waals surface area contributed by atoms with Gasteiger partial charge in [0, 0.05) is 73.4 Å². The largest absolute Gasteiger partial charge is 0.378 e. The number of nitrogens with one attached hydrogen (secondary N) is 2. The number of hydrogen-bond donors (Lipinski definition) is 2. The molecule has 1 atom stereocenters. The molecule has 13 heteroatoms. The van der Waals surface area contributed by atoms with E-state index in [2.05, 4.69) is 52.8 Å². The number of hydrogen-bond acceptors (Lipinski definition) is 10. The zero-order chi connectivity index (χ0) is 37.2. The minimum Gasteiger partial charge on any atom is -0.378 e. The van der Waals surface area contributed by atoms with Crippen LogP contribution in [0.5, 0.6) is 0 Å². The van der Waals surface area contributed by atoms with Crippen molar-refractivity contribution >= 4 is 51.8 Å². The lowest BCUT2D eigenvalue weighted by atomic mass is 9.93. The zero-order valence-corrected chi connectivity index (χ0v) is 31.8. The smallest absolute Gasteiger partial charge is 0.293 e. The molecule has 8 rings (SSSR count). The average molecular weight is 735 g/mol. The Morgan fingerprint density at radius 2 is 1.92 bits per heavy atom. The molecule has 2 saturated heterocycles. The first-order chi connectivity index (χ1) is 25.4. The quantitative estimate of drug-likeness (QED) is 0.229. The monoisotopic (exact) mass is 734 g/mol. The van der Waals surface area contributed by atoms with E-state index in [4.69, 9.17) is 9.72 Å². The Labute approximate surface area is 313 Å². The van der Waals surface area contributed by atoms with Gasteiger partial charge in [-0.25, -0.2) is 9.97 Å².